The summed E-state index contributed by atoms with van der Waals surface area (Å²) in [7, 11) is 0. The van der Waals surface area contributed by atoms with Gasteiger partial charge in [0.2, 0.25) is 0 Å². The van der Waals surface area contributed by atoms with E-state index in [-0.39, 0.29) is 11.8 Å². The maximum atomic E-state index is 12.9. The second-order valence-corrected chi connectivity index (χ2v) is 7.79. The first-order chi connectivity index (χ1) is 15.5. The third-order valence-corrected chi connectivity index (χ3v) is 5.39. The van der Waals surface area contributed by atoms with Crippen LogP contribution in [0.4, 0.5) is 5.69 Å². The van der Waals surface area contributed by atoms with E-state index in [4.69, 9.17) is 4.74 Å². The van der Waals surface area contributed by atoms with Crippen LogP contribution in [-0.4, -0.2) is 24.5 Å². The molecule has 0 saturated carbocycles. The van der Waals surface area contributed by atoms with Crippen molar-refractivity contribution in [3.8, 4) is 5.75 Å². The Balaban J connectivity index is 1.63. The zero-order chi connectivity index (χ0) is 22.9. The highest BCUT2D eigenvalue weighted by molar-refractivity contribution is 6.04. The number of anilines is 1. The molecule has 166 valence electrons. The Kier molecular flexibility index (Phi) is 8.03. The van der Waals surface area contributed by atoms with Crippen molar-refractivity contribution >= 4 is 17.5 Å². The summed E-state index contributed by atoms with van der Waals surface area (Å²) >= 11 is 0. The van der Waals surface area contributed by atoms with Crippen LogP contribution in [-0.2, 0) is 11.2 Å². The number of benzene rings is 3. The molecule has 2 N–H and O–H groups in total. The Morgan fingerprint density at radius 1 is 0.906 bits per heavy atom. The number of para-hydroxylation sites is 1. The van der Waals surface area contributed by atoms with Crippen molar-refractivity contribution in [3.63, 3.8) is 0 Å². The van der Waals surface area contributed by atoms with Crippen LogP contribution in [0.25, 0.3) is 0 Å². The van der Waals surface area contributed by atoms with Crippen molar-refractivity contribution in [2.45, 2.75) is 39.7 Å². The van der Waals surface area contributed by atoms with Gasteiger partial charge in [0.25, 0.3) is 11.8 Å². The fourth-order valence-corrected chi connectivity index (χ4v) is 3.34. The van der Waals surface area contributed by atoms with Gasteiger partial charge in [-0.2, -0.15) is 0 Å². The monoisotopic (exact) mass is 430 g/mol. The molecule has 0 fully saturated rings. The normalized spacial score (nSPS) is 11.5. The first-order valence-electron chi connectivity index (χ1n) is 10.9. The third-order valence-electron chi connectivity index (χ3n) is 5.39. The summed E-state index contributed by atoms with van der Waals surface area (Å²) in [6, 6.07) is 22.8. The van der Waals surface area contributed by atoms with Crippen molar-refractivity contribution in [2.24, 2.45) is 0 Å². The number of carbonyl (C=O) groups is 2. The summed E-state index contributed by atoms with van der Waals surface area (Å²) in [5.74, 6) is 0.150. The zero-order valence-corrected chi connectivity index (χ0v) is 18.9. The van der Waals surface area contributed by atoms with E-state index < -0.39 is 6.10 Å². The molecular formula is C27H30N2O3. The number of rotatable bonds is 9. The molecule has 32 heavy (non-hydrogen) atoms. The van der Waals surface area contributed by atoms with Crippen LogP contribution in [0.5, 0.6) is 5.75 Å². The summed E-state index contributed by atoms with van der Waals surface area (Å²) in [6.45, 7) is 6.45. The van der Waals surface area contributed by atoms with Crippen LogP contribution in [0.1, 0.15) is 40.4 Å². The second-order valence-electron chi connectivity index (χ2n) is 7.79. The van der Waals surface area contributed by atoms with E-state index in [1.807, 2.05) is 69.3 Å². The minimum absolute atomic E-state index is 0.222. The smallest absolute Gasteiger partial charge is 0.265 e. The summed E-state index contributed by atoms with van der Waals surface area (Å²) in [5, 5.41) is 5.81. The molecule has 0 radical (unpaired) electrons. The molecular weight excluding hydrogens is 400 g/mol. The van der Waals surface area contributed by atoms with Crippen molar-refractivity contribution in [1.82, 2.24) is 5.32 Å². The standard InChI is InChI=1S/C27H30N2O3/c1-4-25(32-22-15-14-19(2)20(3)18-22)27(31)29-24-13-9-8-12-23(24)26(30)28-17-16-21-10-6-5-7-11-21/h5-15,18,25H,4,16-17H2,1-3H3,(H,28,30)(H,29,31)/t25-/m1/s1. The molecule has 0 aliphatic carbocycles. The van der Waals surface area contributed by atoms with Crippen molar-refractivity contribution in [3.05, 3.63) is 95.1 Å². The summed E-state index contributed by atoms with van der Waals surface area (Å²) in [5.41, 5.74) is 4.33. The summed E-state index contributed by atoms with van der Waals surface area (Å²) in [6.07, 6.45) is 0.582. The minimum Gasteiger partial charge on any atom is -0.481 e. The van der Waals surface area contributed by atoms with Gasteiger partial charge in [0.15, 0.2) is 6.10 Å². The number of amides is 2. The van der Waals surface area contributed by atoms with Crippen LogP contribution >= 0.6 is 0 Å². The van der Waals surface area contributed by atoms with E-state index in [1.54, 1.807) is 24.3 Å². The van der Waals surface area contributed by atoms with Gasteiger partial charge in [-0.1, -0.05) is 55.5 Å². The Bertz CT molecular complexity index is 1060. The lowest BCUT2D eigenvalue weighted by molar-refractivity contribution is -0.122. The molecule has 0 unspecified atom stereocenters. The summed E-state index contributed by atoms with van der Waals surface area (Å²) in [4.78, 5) is 25.6. The van der Waals surface area contributed by atoms with Crippen LogP contribution in [0.3, 0.4) is 0 Å². The van der Waals surface area contributed by atoms with Crippen molar-refractivity contribution < 1.29 is 14.3 Å². The number of hydrogen-bond acceptors (Lipinski definition) is 3. The van der Waals surface area contributed by atoms with Gasteiger partial charge in [-0.15, -0.1) is 0 Å². The van der Waals surface area contributed by atoms with E-state index in [1.165, 1.54) is 5.56 Å². The third kappa shape index (κ3) is 6.20. The molecule has 3 aromatic rings. The maximum Gasteiger partial charge on any atom is 0.265 e. The van der Waals surface area contributed by atoms with Crippen LogP contribution < -0.4 is 15.4 Å². The highest BCUT2D eigenvalue weighted by Crippen LogP contribution is 2.20. The molecule has 0 saturated heterocycles. The Morgan fingerprint density at radius 2 is 1.62 bits per heavy atom. The average molecular weight is 431 g/mol. The Morgan fingerprint density at radius 3 is 2.34 bits per heavy atom. The number of aryl methyl sites for hydroxylation is 2. The highest BCUT2D eigenvalue weighted by Gasteiger charge is 2.21. The van der Waals surface area contributed by atoms with Crippen molar-refractivity contribution in [1.29, 1.82) is 0 Å². The number of carbonyl (C=O) groups excluding carboxylic acids is 2. The molecule has 5 nitrogen and oxygen atoms in total. The van der Waals surface area contributed by atoms with Gasteiger partial charge in [-0.05, 0) is 67.6 Å². The van der Waals surface area contributed by atoms with E-state index in [9.17, 15) is 9.59 Å². The average Bonchev–Trinajstić information content (AvgIpc) is 2.80. The molecule has 2 amide bonds. The fourth-order valence-electron chi connectivity index (χ4n) is 3.34. The number of hydrogen-bond donors (Lipinski definition) is 2. The van der Waals surface area contributed by atoms with E-state index in [0.29, 0.717) is 30.0 Å². The molecule has 0 heterocycles. The topological polar surface area (TPSA) is 67.4 Å². The van der Waals surface area contributed by atoms with E-state index in [0.717, 1.165) is 17.5 Å². The van der Waals surface area contributed by atoms with E-state index in [2.05, 4.69) is 10.6 Å². The molecule has 0 aliphatic rings. The largest absolute Gasteiger partial charge is 0.481 e. The quantitative estimate of drug-likeness (QED) is 0.498. The lowest BCUT2D eigenvalue weighted by Gasteiger charge is -2.19. The molecule has 0 bridgehead atoms. The van der Waals surface area contributed by atoms with Crippen LogP contribution in [0, 0.1) is 13.8 Å². The highest BCUT2D eigenvalue weighted by atomic mass is 16.5. The first kappa shape index (κ1) is 23.1. The lowest BCUT2D eigenvalue weighted by Crippen LogP contribution is -2.33. The molecule has 3 rings (SSSR count). The molecule has 0 aliphatic heterocycles. The maximum absolute atomic E-state index is 12.9. The molecule has 5 heteroatoms. The van der Waals surface area contributed by atoms with Gasteiger partial charge >= 0.3 is 0 Å². The predicted molar refractivity (Wildman–Crippen MR) is 128 cm³/mol. The molecule has 0 aromatic heterocycles. The second kappa shape index (κ2) is 11.1. The van der Waals surface area contributed by atoms with E-state index >= 15 is 0 Å². The first-order valence-corrected chi connectivity index (χ1v) is 10.9. The summed E-state index contributed by atoms with van der Waals surface area (Å²) < 4.78 is 5.94. The predicted octanol–water partition coefficient (Wildman–Crippen LogP) is 5.07. The Labute approximate surface area is 189 Å². The van der Waals surface area contributed by atoms with Gasteiger partial charge in [0.1, 0.15) is 5.75 Å². The SMILES string of the molecule is CC[C@@H](Oc1ccc(C)c(C)c1)C(=O)Nc1ccccc1C(=O)NCCc1ccccc1. The number of ether oxygens (including phenoxy) is 1. The zero-order valence-electron chi connectivity index (χ0n) is 18.9. The van der Waals surface area contributed by atoms with Crippen LogP contribution in [0.2, 0.25) is 0 Å². The minimum atomic E-state index is -0.661. The van der Waals surface area contributed by atoms with Crippen LogP contribution in [0.15, 0.2) is 72.8 Å². The van der Waals surface area contributed by atoms with Gasteiger partial charge in [-0.3, -0.25) is 9.59 Å². The van der Waals surface area contributed by atoms with Crippen molar-refractivity contribution in [2.75, 3.05) is 11.9 Å². The fraction of sp³-hybridized carbons (Fsp3) is 0.259. The van der Waals surface area contributed by atoms with Gasteiger partial charge in [0.05, 0.1) is 11.3 Å². The lowest BCUT2D eigenvalue weighted by atomic mass is 10.1. The van der Waals surface area contributed by atoms with Gasteiger partial charge in [-0.25, -0.2) is 0 Å². The van der Waals surface area contributed by atoms with Gasteiger partial charge in [0, 0.05) is 6.54 Å². The number of nitrogens with one attached hydrogen (secondary N) is 2. The van der Waals surface area contributed by atoms with Gasteiger partial charge < -0.3 is 15.4 Å². The molecule has 0 spiro atoms. The molecule has 1 atom stereocenters. The Hall–Kier alpha value is -3.60. The molecule has 3 aromatic carbocycles.